The molecule has 2 heteroatoms. The molecular weight excluding hydrogens is 224 g/mol. The van der Waals surface area contributed by atoms with E-state index in [2.05, 4.69) is 0 Å². The first-order valence-corrected chi connectivity index (χ1v) is 7.80. The summed E-state index contributed by atoms with van der Waals surface area (Å²) in [5.41, 5.74) is 0. The van der Waals surface area contributed by atoms with Gasteiger partial charge in [-0.05, 0) is 26.7 Å². The highest BCUT2D eigenvalue weighted by molar-refractivity contribution is 5.75. The van der Waals surface area contributed by atoms with Gasteiger partial charge in [-0.3, -0.25) is 0 Å². The highest BCUT2D eigenvalue weighted by atomic mass is 16.3. The number of aliphatic hydroxyl groups is 1. The summed E-state index contributed by atoms with van der Waals surface area (Å²) >= 11 is 0. The van der Waals surface area contributed by atoms with Crippen molar-refractivity contribution in [1.82, 2.24) is 0 Å². The Bertz CT molecular complexity index is 188. The van der Waals surface area contributed by atoms with Gasteiger partial charge in [-0.15, -0.1) is 0 Å². The molecule has 2 nitrogen and oxygen atoms in total. The molecule has 0 bridgehead atoms. The van der Waals surface area contributed by atoms with Crippen LogP contribution >= 0.6 is 0 Å². The summed E-state index contributed by atoms with van der Waals surface area (Å²) in [6.07, 6.45) is 14.3. The molecule has 0 saturated carbocycles. The average molecular weight is 256 g/mol. The minimum Gasteiger partial charge on any atom is -0.393 e. The van der Waals surface area contributed by atoms with Crippen molar-refractivity contribution in [3.8, 4) is 0 Å². The zero-order valence-electron chi connectivity index (χ0n) is 12.4. The molecule has 1 N–H and O–H groups in total. The summed E-state index contributed by atoms with van der Waals surface area (Å²) in [6, 6.07) is 0. The summed E-state index contributed by atoms with van der Waals surface area (Å²) in [5, 5.41) is 9.11. The number of carbonyl (C=O) groups is 1. The Labute approximate surface area is 113 Å². The van der Waals surface area contributed by atoms with Gasteiger partial charge in [-0.2, -0.15) is 0 Å². The summed E-state index contributed by atoms with van der Waals surface area (Å²) in [7, 11) is 0. The Morgan fingerprint density at radius 1 is 0.833 bits per heavy atom. The van der Waals surface area contributed by atoms with Crippen LogP contribution in [0.3, 0.4) is 0 Å². The highest BCUT2D eigenvalue weighted by Crippen LogP contribution is 2.12. The van der Waals surface area contributed by atoms with E-state index < -0.39 is 0 Å². The van der Waals surface area contributed by atoms with Gasteiger partial charge in [0.25, 0.3) is 0 Å². The number of rotatable bonds is 13. The van der Waals surface area contributed by atoms with E-state index in [1.165, 1.54) is 57.8 Å². The van der Waals surface area contributed by atoms with Gasteiger partial charge in [-0.25, -0.2) is 0 Å². The van der Waals surface area contributed by atoms with Gasteiger partial charge >= 0.3 is 0 Å². The van der Waals surface area contributed by atoms with Crippen LogP contribution in [0, 0.1) is 0 Å². The fourth-order valence-electron chi connectivity index (χ4n) is 2.23. The number of aliphatic hydroxyl groups excluding tert-OH is 1. The van der Waals surface area contributed by atoms with Crippen molar-refractivity contribution in [3.05, 3.63) is 0 Å². The second-order valence-corrected chi connectivity index (χ2v) is 5.63. The lowest BCUT2D eigenvalue weighted by Crippen LogP contribution is -1.98. The van der Waals surface area contributed by atoms with Gasteiger partial charge in [0.2, 0.25) is 0 Å². The second-order valence-electron chi connectivity index (χ2n) is 5.63. The number of ketones is 1. The lowest BCUT2D eigenvalue weighted by atomic mass is 10.0. The molecule has 0 rings (SSSR count). The molecule has 0 aliphatic heterocycles. The van der Waals surface area contributed by atoms with Crippen LogP contribution in [0.1, 0.15) is 90.9 Å². The second kappa shape index (κ2) is 13.1. The van der Waals surface area contributed by atoms with Crippen LogP contribution in [0.15, 0.2) is 0 Å². The molecule has 0 fully saturated rings. The van der Waals surface area contributed by atoms with Crippen molar-refractivity contribution in [2.75, 3.05) is 0 Å². The zero-order chi connectivity index (χ0) is 13.6. The molecule has 0 saturated heterocycles. The lowest BCUT2D eigenvalue weighted by molar-refractivity contribution is -0.117. The first-order chi connectivity index (χ1) is 8.63. The molecule has 0 amide bonds. The molecule has 0 aromatic rings. The lowest BCUT2D eigenvalue weighted by Gasteiger charge is -2.04. The minimum absolute atomic E-state index is 0.125. The number of carbonyl (C=O) groups excluding carboxylic acids is 1. The Morgan fingerprint density at radius 2 is 1.22 bits per heavy atom. The first kappa shape index (κ1) is 17.6. The van der Waals surface area contributed by atoms with Crippen LogP contribution in [0.2, 0.25) is 0 Å². The van der Waals surface area contributed by atoms with E-state index in [-0.39, 0.29) is 6.10 Å². The van der Waals surface area contributed by atoms with E-state index >= 15 is 0 Å². The van der Waals surface area contributed by atoms with Crippen molar-refractivity contribution in [2.24, 2.45) is 0 Å². The van der Waals surface area contributed by atoms with Gasteiger partial charge in [0.1, 0.15) is 5.78 Å². The van der Waals surface area contributed by atoms with Crippen LogP contribution < -0.4 is 0 Å². The standard InChI is InChI=1S/C16H32O2/c1-15(17)13-11-9-7-5-3-4-6-8-10-12-14-16(2)18/h15,17H,3-14H2,1-2H3/t15-/m1/s1. The Morgan fingerprint density at radius 3 is 1.61 bits per heavy atom. The Kier molecular flexibility index (Phi) is 12.8. The van der Waals surface area contributed by atoms with Crippen LogP contribution in [-0.2, 0) is 4.79 Å². The van der Waals surface area contributed by atoms with E-state index in [9.17, 15) is 4.79 Å². The van der Waals surface area contributed by atoms with Crippen molar-refractivity contribution in [1.29, 1.82) is 0 Å². The largest absolute Gasteiger partial charge is 0.393 e. The van der Waals surface area contributed by atoms with E-state index in [0.717, 1.165) is 19.3 Å². The topological polar surface area (TPSA) is 37.3 Å². The van der Waals surface area contributed by atoms with E-state index in [0.29, 0.717) is 5.78 Å². The summed E-state index contributed by atoms with van der Waals surface area (Å²) in [4.78, 5) is 10.7. The maximum Gasteiger partial charge on any atom is 0.129 e. The molecule has 108 valence electrons. The van der Waals surface area contributed by atoms with Crippen molar-refractivity contribution >= 4 is 5.78 Å². The third-order valence-corrected chi connectivity index (χ3v) is 3.40. The van der Waals surface area contributed by atoms with Gasteiger partial charge in [0, 0.05) is 6.42 Å². The minimum atomic E-state index is -0.125. The smallest absolute Gasteiger partial charge is 0.129 e. The van der Waals surface area contributed by atoms with Crippen molar-refractivity contribution in [3.63, 3.8) is 0 Å². The predicted molar refractivity (Wildman–Crippen MR) is 77.8 cm³/mol. The third kappa shape index (κ3) is 15.6. The van der Waals surface area contributed by atoms with Gasteiger partial charge in [0.05, 0.1) is 6.10 Å². The first-order valence-electron chi connectivity index (χ1n) is 7.80. The summed E-state index contributed by atoms with van der Waals surface area (Å²) in [5.74, 6) is 0.326. The van der Waals surface area contributed by atoms with E-state index in [4.69, 9.17) is 5.11 Å². The van der Waals surface area contributed by atoms with Gasteiger partial charge < -0.3 is 9.90 Å². The number of Topliss-reactive ketones (excluding diaryl/α,β-unsaturated/α-hetero) is 1. The van der Waals surface area contributed by atoms with Gasteiger partial charge in [0.15, 0.2) is 0 Å². The summed E-state index contributed by atoms with van der Waals surface area (Å²) in [6.45, 7) is 3.55. The molecule has 18 heavy (non-hydrogen) atoms. The van der Waals surface area contributed by atoms with Crippen LogP contribution in [0.4, 0.5) is 0 Å². The molecule has 1 atom stereocenters. The maximum atomic E-state index is 10.7. The highest BCUT2D eigenvalue weighted by Gasteiger charge is 1.97. The monoisotopic (exact) mass is 256 g/mol. The molecule has 0 aromatic heterocycles. The normalized spacial score (nSPS) is 12.6. The molecule has 0 aliphatic rings. The zero-order valence-corrected chi connectivity index (χ0v) is 12.4. The SMILES string of the molecule is CC(=O)CCCCCCCCCCCC[C@@H](C)O. The number of unbranched alkanes of at least 4 members (excludes halogenated alkanes) is 9. The Hall–Kier alpha value is -0.370. The molecule has 0 radical (unpaired) electrons. The van der Waals surface area contributed by atoms with Crippen LogP contribution in [-0.4, -0.2) is 17.0 Å². The fraction of sp³-hybridized carbons (Fsp3) is 0.938. The Balaban J connectivity index is 2.97. The summed E-state index contributed by atoms with van der Waals surface area (Å²) < 4.78 is 0. The number of hydrogen-bond acceptors (Lipinski definition) is 2. The quantitative estimate of drug-likeness (QED) is 0.487. The van der Waals surface area contributed by atoms with E-state index in [1.807, 2.05) is 6.92 Å². The molecular formula is C16H32O2. The molecule has 0 aliphatic carbocycles. The molecule has 0 unspecified atom stereocenters. The predicted octanol–water partition coefficient (Wildman–Crippen LogP) is 4.64. The molecule has 0 spiro atoms. The van der Waals surface area contributed by atoms with Crippen LogP contribution in [0.5, 0.6) is 0 Å². The van der Waals surface area contributed by atoms with Crippen molar-refractivity contribution in [2.45, 2.75) is 97.0 Å². The fourth-order valence-corrected chi connectivity index (χ4v) is 2.23. The average Bonchev–Trinajstić information content (AvgIpc) is 2.29. The van der Waals surface area contributed by atoms with E-state index in [1.54, 1.807) is 6.92 Å². The van der Waals surface area contributed by atoms with Gasteiger partial charge in [-0.1, -0.05) is 57.8 Å². The number of hydrogen-bond donors (Lipinski definition) is 1. The molecule has 0 aromatic carbocycles. The third-order valence-electron chi connectivity index (χ3n) is 3.40. The maximum absolute atomic E-state index is 10.7. The molecule has 0 heterocycles. The van der Waals surface area contributed by atoms with Crippen LogP contribution in [0.25, 0.3) is 0 Å². The van der Waals surface area contributed by atoms with Crippen molar-refractivity contribution < 1.29 is 9.90 Å².